The Kier molecular flexibility index (Phi) is 2.77. The van der Waals surface area contributed by atoms with Crippen LogP contribution >= 0.6 is 0 Å². The standard InChI is InChI=1S/C10H14O5/c1-5(10(12)13)7(2-6-4-14-6)9-8(3-11)15-9/h6,8-9,11H,2-4H2,1H3,(H,12,13). The summed E-state index contributed by atoms with van der Waals surface area (Å²) in [5, 5.41) is 17.8. The van der Waals surface area contributed by atoms with Gasteiger partial charge in [-0.05, 0) is 12.5 Å². The van der Waals surface area contributed by atoms with Crippen LogP contribution in [-0.2, 0) is 14.3 Å². The molecule has 0 amide bonds. The fraction of sp³-hybridized carbons (Fsp3) is 0.700. The van der Waals surface area contributed by atoms with E-state index < -0.39 is 5.97 Å². The lowest BCUT2D eigenvalue weighted by Crippen LogP contribution is -2.11. The predicted octanol–water partition coefficient (Wildman–Crippen LogP) is -0.0639. The summed E-state index contributed by atoms with van der Waals surface area (Å²) in [5.74, 6) is -0.933. The monoisotopic (exact) mass is 214 g/mol. The molecule has 2 saturated heterocycles. The SMILES string of the molecule is CC(C(=O)O)=C(CC1CO1)C1OC1CO. The molecule has 84 valence electrons. The Hall–Kier alpha value is -0.910. The van der Waals surface area contributed by atoms with E-state index in [1.807, 2.05) is 0 Å². The first-order chi connectivity index (χ1) is 7.13. The maximum Gasteiger partial charge on any atom is 0.331 e. The van der Waals surface area contributed by atoms with Crippen molar-refractivity contribution in [2.75, 3.05) is 13.2 Å². The van der Waals surface area contributed by atoms with E-state index in [0.29, 0.717) is 18.6 Å². The average molecular weight is 214 g/mol. The molecule has 0 aromatic heterocycles. The zero-order chi connectivity index (χ0) is 11.0. The van der Waals surface area contributed by atoms with Gasteiger partial charge in [0, 0.05) is 12.0 Å². The van der Waals surface area contributed by atoms with Gasteiger partial charge < -0.3 is 19.7 Å². The Morgan fingerprint density at radius 1 is 1.53 bits per heavy atom. The fourth-order valence-electron chi connectivity index (χ4n) is 1.64. The van der Waals surface area contributed by atoms with E-state index in [2.05, 4.69) is 0 Å². The molecule has 2 heterocycles. The second-order valence-corrected chi connectivity index (χ2v) is 3.89. The van der Waals surface area contributed by atoms with E-state index in [4.69, 9.17) is 19.7 Å². The molecule has 0 radical (unpaired) electrons. The summed E-state index contributed by atoms with van der Waals surface area (Å²) >= 11 is 0. The zero-order valence-electron chi connectivity index (χ0n) is 8.47. The highest BCUT2D eigenvalue weighted by Gasteiger charge is 2.44. The predicted molar refractivity (Wildman–Crippen MR) is 50.4 cm³/mol. The molecule has 2 aliphatic heterocycles. The number of carbonyl (C=O) groups is 1. The molecule has 0 aromatic rings. The Bertz CT molecular complexity index is 305. The van der Waals surface area contributed by atoms with Gasteiger partial charge in [0.2, 0.25) is 0 Å². The molecule has 2 aliphatic rings. The van der Waals surface area contributed by atoms with E-state index in [-0.39, 0.29) is 24.9 Å². The number of aliphatic hydroxyl groups excluding tert-OH is 1. The van der Waals surface area contributed by atoms with Gasteiger partial charge in [0.1, 0.15) is 12.2 Å². The molecule has 5 heteroatoms. The van der Waals surface area contributed by atoms with Crippen molar-refractivity contribution in [1.82, 2.24) is 0 Å². The van der Waals surface area contributed by atoms with Crippen molar-refractivity contribution in [3.05, 3.63) is 11.1 Å². The van der Waals surface area contributed by atoms with Crippen molar-refractivity contribution >= 4 is 5.97 Å². The molecule has 15 heavy (non-hydrogen) atoms. The van der Waals surface area contributed by atoms with Crippen molar-refractivity contribution in [2.45, 2.75) is 31.7 Å². The van der Waals surface area contributed by atoms with Crippen LogP contribution in [0.3, 0.4) is 0 Å². The van der Waals surface area contributed by atoms with Gasteiger partial charge in [-0.25, -0.2) is 4.79 Å². The molecule has 2 N–H and O–H groups in total. The maximum atomic E-state index is 10.9. The fourth-order valence-corrected chi connectivity index (χ4v) is 1.64. The molecule has 0 aromatic carbocycles. The molecule has 5 nitrogen and oxygen atoms in total. The summed E-state index contributed by atoms with van der Waals surface area (Å²) in [4.78, 5) is 10.9. The lowest BCUT2D eigenvalue weighted by Gasteiger charge is -2.05. The van der Waals surface area contributed by atoms with Crippen molar-refractivity contribution < 1.29 is 24.5 Å². The molecule has 0 bridgehead atoms. The lowest BCUT2D eigenvalue weighted by molar-refractivity contribution is -0.132. The zero-order valence-corrected chi connectivity index (χ0v) is 8.47. The Labute approximate surface area is 87.3 Å². The summed E-state index contributed by atoms with van der Waals surface area (Å²) in [5.41, 5.74) is 1.07. The first-order valence-corrected chi connectivity index (χ1v) is 4.94. The van der Waals surface area contributed by atoms with Crippen molar-refractivity contribution in [2.24, 2.45) is 0 Å². The first-order valence-electron chi connectivity index (χ1n) is 4.94. The number of carboxylic acids is 1. The topological polar surface area (TPSA) is 82.6 Å². The van der Waals surface area contributed by atoms with Crippen molar-refractivity contribution in [1.29, 1.82) is 0 Å². The highest BCUT2D eigenvalue weighted by Crippen LogP contribution is 2.35. The van der Waals surface area contributed by atoms with E-state index in [9.17, 15) is 4.79 Å². The Balaban J connectivity index is 2.08. The summed E-state index contributed by atoms with van der Waals surface area (Å²) in [6.07, 6.45) is 0.278. The van der Waals surface area contributed by atoms with Gasteiger partial charge in [0.15, 0.2) is 0 Å². The number of aliphatic hydroxyl groups is 1. The molecule has 0 saturated carbocycles. The van der Waals surface area contributed by atoms with Crippen LogP contribution in [0.25, 0.3) is 0 Å². The molecule has 2 rings (SSSR count). The molecular formula is C10H14O5. The molecular weight excluding hydrogens is 200 g/mol. The second kappa shape index (κ2) is 3.92. The minimum Gasteiger partial charge on any atom is -0.478 e. The van der Waals surface area contributed by atoms with Gasteiger partial charge >= 0.3 is 5.97 Å². The quantitative estimate of drug-likeness (QED) is 0.494. The normalized spacial score (nSPS) is 34.7. The number of rotatable bonds is 5. The number of carboxylic acid groups (broad SMARTS) is 1. The number of hydrogen-bond acceptors (Lipinski definition) is 4. The van der Waals surface area contributed by atoms with Crippen molar-refractivity contribution in [3.63, 3.8) is 0 Å². The first kappa shape index (κ1) is 10.6. The van der Waals surface area contributed by atoms with Gasteiger partial charge in [0.05, 0.1) is 19.3 Å². The third-order valence-corrected chi connectivity index (χ3v) is 2.76. The summed E-state index contributed by atoms with van der Waals surface area (Å²) < 4.78 is 10.3. The van der Waals surface area contributed by atoms with Crippen LogP contribution < -0.4 is 0 Å². The van der Waals surface area contributed by atoms with Crippen LogP contribution in [0.1, 0.15) is 13.3 Å². The van der Waals surface area contributed by atoms with Gasteiger partial charge in [-0.3, -0.25) is 0 Å². The van der Waals surface area contributed by atoms with E-state index in [1.54, 1.807) is 6.92 Å². The number of hydrogen-bond donors (Lipinski definition) is 2. The lowest BCUT2D eigenvalue weighted by atomic mass is 9.99. The number of ether oxygens (including phenoxy) is 2. The van der Waals surface area contributed by atoms with Crippen LogP contribution in [0.4, 0.5) is 0 Å². The molecule has 2 fully saturated rings. The molecule has 3 unspecified atom stereocenters. The highest BCUT2D eigenvalue weighted by atomic mass is 16.6. The third-order valence-electron chi connectivity index (χ3n) is 2.76. The van der Waals surface area contributed by atoms with Crippen LogP contribution in [-0.4, -0.2) is 47.7 Å². The van der Waals surface area contributed by atoms with Crippen molar-refractivity contribution in [3.8, 4) is 0 Å². The van der Waals surface area contributed by atoms with Crippen LogP contribution in [0, 0.1) is 0 Å². The second-order valence-electron chi connectivity index (χ2n) is 3.89. The van der Waals surface area contributed by atoms with E-state index in [0.717, 1.165) is 5.57 Å². The van der Waals surface area contributed by atoms with E-state index >= 15 is 0 Å². The van der Waals surface area contributed by atoms with Gasteiger partial charge in [-0.2, -0.15) is 0 Å². The Morgan fingerprint density at radius 3 is 2.60 bits per heavy atom. The van der Waals surface area contributed by atoms with E-state index in [1.165, 1.54) is 0 Å². The molecule has 0 aliphatic carbocycles. The number of aliphatic carboxylic acids is 1. The molecule has 0 spiro atoms. The summed E-state index contributed by atoms with van der Waals surface area (Å²) in [6.45, 7) is 2.19. The van der Waals surface area contributed by atoms with Crippen LogP contribution in [0.2, 0.25) is 0 Å². The average Bonchev–Trinajstić information content (AvgIpc) is 3.06. The molecule has 3 atom stereocenters. The summed E-state index contributed by atoms with van der Waals surface area (Å²) in [7, 11) is 0. The van der Waals surface area contributed by atoms with Crippen LogP contribution in [0.5, 0.6) is 0 Å². The summed E-state index contributed by atoms with van der Waals surface area (Å²) in [6, 6.07) is 0. The minimum atomic E-state index is -0.933. The highest BCUT2D eigenvalue weighted by molar-refractivity contribution is 5.87. The van der Waals surface area contributed by atoms with Gasteiger partial charge in [-0.1, -0.05) is 0 Å². The van der Waals surface area contributed by atoms with Gasteiger partial charge in [-0.15, -0.1) is 0 Å². The largest absolute Gasteiger partial charge is 0.478 e. The maximum absolute atomic E-state index is 10.9. The number of epoxide rings is 2. The van der Waals surface area contributed by atoms with Gasteiger partial charge in [0.25, 0.3) is 0 Å². The minimum absolute atomic E-state index is 0.0629. The third kappa shape index (κ3) is 2.37. The Morgan fingerprint density at radius 2 is 2.20 bits per heavy atom. The van der Waals surface area contributed by atoms with Crippen LogP contribution in [0.15, 0.2) is 11.1 Å². The smallest absolute Gasteiger partial charge is 0.331 e.